The Hall–Kier alpha value is -0.0800. The average Bonchev–Trinajstić information content (AvgIpc) is 2.53. The predicted molar refractivity (Wildman–Crippen MR) is 106 cm³/mol. The van der Waals surface area contributed by atoms with E-state index in [1.807, 2.05) is 0 Å². The van der Waals surface area contributed by atoms with E-state index in [2.05, 4.69) is 34.6 Å². The Balaban J connectivity index is 5.31. The minimum absolute atomic E-state index is 0.326. The molecular formula is C22H46O2. The van der Waals surface area contributed by atoms with Crippen LogP contribution in [0.15, 0.2) is 0 Å². The largest absolute Gasteiger partial charge is 0.365 e. The second kappa shape index (κ2) is 13.2. The van der Waals surface area contributed by atoms with Crippen molar-refractivity contribution in [1.29, 1.82) is 0 Å². The molecule has 2 N–H and O–H groups in total. The third-order valence-corrected chi connectivity index (χ3v) is 5.86. The molecule has 24 heavy (non-hydrogen) atoms. The van der Waals surface area contributed by atoms with Gasteiger partial charge in [-0.3, -0.25) is 0 Å². The summed E-state index contributed by atoms with van der Waals surface area (Å²) in [5.74, 6) is -1.08. The lowest BCUT2D eigenvalue weighted by molar-refractivity contribution is -0.271. The minimum Gasteiger partial charge on any atom is -0.365 e. The molecule has 0 amide bonds. The van der Waals surface area contributed by atoms with Crippen molar-refractivity contribution >= 4 is 0 Å². The summed E-state index contributed by atoms with van der Waals surface area (Å²) < 4.78 is 0. The number of aliphatic hydroxyl groups is 2. The van der Waals surface area contributed by atoms with Gasteiger partial charge in [0.2, 0.25) is 0 Å². The molecule has 1 unspecified atom stereocenters. The Bertz CT molecular complexity index is 280. The minimum atomic E-state index is -1.52. The first-order valence-electron chi connectivity index (χ1n) is 10.9. The van der Waals surface area contributed by atoms with Crippen molar-refractivity contribution in [1.82, 2.24) is 0 Å². The van der Waals surface area contributed by atoms with Crippen molar-refractivity contribution in [3.63, 3.8) is 0 Å². The molecule has 146 valence electrons. The molecule has 0 radical (unpaired) electrons. The van der Waals surface area contributed by atoms with Crippen molar-refractivity contribution in [2.24, 2.45) is 11.3 Å². The molecule has 0 spiro atoms. The van der Waals surface area contributed by atoms with Crippen LogP contribution >= 0.6 is 0 Å². The fourth-order valence-electron chi connectivity index (χ4n) is 4.79. The molecule has 0 aromatic rings. The summed E-state index contributed by atoms with van der Waals surface area (Å²) in [6.07, 6.45) is 15.1. The van der Waals surface area contributed by atoms with Crippen LogP contribution in [0.25, 0.3) is 0 Å². The van der Waals surface area contributed by atoms with Gasteiger partial charge in [-0.25, -0.2) is 0 Å². The summed E-state index contributed by atoms with van der Waals surface area (Å²) in [6.45, 7) is 10.9. The van der Waals surface area contributed by atoms with E-state index in [0.717, 1.165) is 51.4 Å². The molecule has 0 saturated heterocycles. The number of rotatable bonds is 16. The number of hydrogen-bond acceptors (Lipinski definition) is 2. The Kier molecular flexibility index (Phi) is 13.1. The van der Waals surface area contributed by atoms with E-state index in [1.165, 1.54) is 32.1 Å². The molecular weight excluding hydrogens is 296 g/mol. The van der Waals surface area contributed by atoms with E-state index in [1.54, 1.807) is 0 Å². The molecule has 0 aromatic carbocycles. The van der Waals surface area contributed by atoms with Gasteiger partial charge in [-0.15, -0.1) is 0 Å². The molecule has 0 aliphatic carbocycles. The molecule has 2 nitrogen and oxygen atoms in total. The molecule has 0 bridgehead atoms. The summed E-state index contributed by atoms with van der Waals surface area (Å²) in [7, 11) is 0. The zero-order valence-corrected chi connectivity index (χ0v) is 17.4. The van der Waals surface area contributed by atoms with Gasteiger partial charge in [-0.1, -0.05) is 92.4 Å². The zero-order chi connectivity index (χ0) is 18.5. The smallest absolute Gasteiger partial charge is 0.168 e. The number of unbranched alkanes of at least 4 members (excludes halogenated alkanes) is 4. The van der Waals surface area contributed by atoms with Crippen molar-refractivity contribution in [2.75, 3.05) is 0 Å². The van der Waals surface area contributed by atoms with Crippen LogP contribution in [-0.2, 0) is 0 Å². The highest BCUT2D eigenvalue weighted by molar-refractivity contribution is 4.96. The van der Waals surface area contributed by atoms with E-state index in [-0.39, 0.29) is 5.41 Å². The van der Waals surface area contributed by atoms with E-state index in [4.69, 9.17) is 0 Å². The summed E-state index contributed by atoms with van der Waals surface area (Å²) in [5.41, 5.74) is -0.326. The van der Waals surface area contributed by atoms with Gasteiger partial charge in [-0.05, 0) is 31.6 Å². The third kappa shape index (κ3) is 7.04. The first-order chi connectivity index (χ1) is 11.5. The monoisotopic (exact) mass is 342 g/mol. The Morgan fingerprint density at radius 2 is 1.12 bits per heavy atom. The van der Waals surface area contributed by atoms with Crippen molar-refractivity contribution in [3.8, 4) is 0 Å². The fourth-order valence-corrected chi connectivity index (χ4v) is 4.79. The van der Waals surface area contributed by atoms with Gasteiger partial charge in [0.15, 0.2) is 5.79 Å². The average molecular weight is 343 g/mol. The Morgan fingerprint density at radius 1 is 0.583 bits per heavy atom. The lowest BCUT2D eigenvalue weighted by Crippen LogP contribution is -2.53. The van der Waals surface area contributed by atoms with Gasteiger partial charge < -0.3 is 10.2 Å². The SMILES string of the molecule is CCCCCCCC(CCC)C(CCC)(CCC)C(O)(O)CCC. The summed E-state index contributed by atoms with van der Waals surface area (Å²) in [4.78, 5) is 0. The van der Waals surface area contributed by atoms with E-state index in [0.29, 0.717) is 12.3 Å². The second-order valence-electron chi connectivity index (χ2n) is 7.91. The van der Waals surface area contributed by atoms with Crippen LogP contribution in [-0.4, -0.2) is 16.0 Å². The highest BCUT2D eigenvalue weighted by atomic mass is 16.5. The van der Waals surface area contributed by atoms with Gasteiger partial charge in [0.05, 0.1) is 0 Å². The van der Waals surface area contributed by atoms with Crippen LogP contribution in [0.2, 0.25) is 0 Å². The zero-order valence-electron chi connectivity index (χ0n) is 17.4. The summed E-state index contributed by atoms with van der Waals surface area (Å²) in [5, 5.41) is 22.2. The fraction of sp³-hybridized carbons (Fsp3) is 1.00. The van der Waals surface area contributed by atoms with Gasteiger partial charge in [-0.2, -0.15) is 0 Å². The van der Waals surface area contributed by atoms with Crippen molar-refractivity contribution in [2.45, 2.75) is 130 Å². The first-order valence-corrected chi connectivity index (χ1v) is 10.9. The highest BCUT2D eigenvalue weighted by Gasteiger charge is 2.51. The maximum Gasteiger partial charge on any atom is 0.168 e. The van der Waals surface area contributed by atoms with E-state index < -0.39 is 5.79 Å². The van der Waals surface area contributed by atoms with Crippen LogP contribution in [0.1, 0.15) is 125 Å². The van der Waals surface area contributed by atoms with E-state index in [9.17, 15) is 10.2 Å². The second-order valence-corrected chi connectivity index (χ2v) is 7.91. The predicted octanol–water partition coefficient (Wildman–Crippen LogP) is 6.83. The maximum atomic E-state index is 11.1. The maximum absolute atomic E-state index is 11.1. The molecule has 0 fully saturated rings. The van der Waals surface area contributed by atoms with Gasteiger partial charge in [0, 0.05) is 11.8 Å². The molecule has 2 heteroatoms. The summed E-state index contributed by atoms with van der Waals surface area (Å²) >= 11 is 0. The molecule has 0 rings (SSSR count). The van der Waals surface area contributed by atoms with Crippen LogP contribution in [0.5, 0.6) is 0 Å². The van der Waals surface area contributed by atoms with Crippen molar-refractivity contribution in [3.05, 3.63) is 0 Å². The van der Waals surface area contributed by atoms with Gasteiger partial charge in [0.25, 0.3) is 0 Å². The molecule has 1 atom stereocenters. The third-order valence-electron chi connectivity index (χ3n) is 5.86. The van der Waals surface area contributed by atoms with Crippen LogP contribution in [0, 0.1) is 11.3 Å². The lowest BCUT2D eigenvalue weighted by atomic mass is 9.60. The number of hydrogen-bond donors (Lipinski definition) is 2. The molecule has 0 saturated carbocycles. The first kappa shape index (κ1) is 23.9. The Morgan fingerprint density at radius 3 is 1.58 bits per heavy atom. The van der Waals surface area contributed by atoms with Gasteiger partial charge >= 0.3 is 0 Å². The topological polar surface area (TPSA) is 40.5 Å². The summed E-state index contributed by atoms with van der Waals surface area (Å²) in [6, 6.07) is 0. The quantitative estimate of drug-likeness (QED) is 0.238. The molecule has 0 aliphatic rings. The highest BCUT2D eigenvalue weighted by Crippen LogP contribution is 2.51. The normalized spacial score (nSPS) is 14.1. The lowest BCUT2D eigenvalue weighted by Gasteiger charge is -2.50. The van der Waals surface area contributed by atoms with Crippen LogP contribution in [0.4, 0.5) is 0 Å². The Labute approximate surface area is 152 Å². The van der Waals surface area contributed by atoms with Crippen LogP contribution < -0.4 is 0 Å². The molecule has 0 aromatic heterocycles. The van der Waals surface area contributed by atoms with E-state index >= 15 is 0 Å². The van der Waals surface area contributed by atoms with Gasteiger partial charge in [0.1, 0.15) is 0 Å². The molecule has 0 aliphatic heterocycles. The van der Waals surface area contributed by atoms with Crippen molar-refractivity contribution < 1.29 is 10.2 Å². The standard InChI is InChI=1S/C22H46O2/c1-6-11-12-13-14-16-20(15-7-2)21(17-8-3,18-9-4)22(23,24)19-10-5/h20,23-24H,6-19H2,1-5H3. The van der Waals surface area contributed by atoms with Crippen LogP contribution in [0.3, 0.4) is 0 Å². The molecule has 0 heterocycles.